The molecule has 0 fully saturated rings. The minimum absolute atomic E-state index is 0.0506. The Morgan fingerprint density at radius 2 is 2.73 bits per heavy atom. The first kappa shape index (κ1) is 8.40. The van der Waals surface area contributed by atoms with Gasteiger partial charge in [-0.25, -0.2) is 0 Å². The van der Waals surface area contributed by atoms with Crippen LogP contribution in [0.1, 0.15) is 13.3 Å². The molecule has 0 radical (unpaired) electrons. The summed E-state index contributed by atoms with van der Waals surface area (Å²) in [6, 6.07) is 0. The van der Waals surface area contributed by atoms with Gasteiger partial charge in [0.15, 0.2) is 5.78 Å². The average Bonchev–Trinajstić information content (AvgIpc) is 2.50. The molecule has 0 aliphatic carbocycles. The van der Waals surface area contributed by atoms with Crippen molar-refractivity contribution >= 4 is 17.5 Å². The summed E-state index contributed by atoms with van der Waals surface area (Å²) in [5, 5.41) is 4.96. The Kier molecular flexibility index (Phi) is 2.76. The number of hydrogen-bond acceptors (Lipinski definition) is 3. The van der Waals surface area contributed by atoms with Gasteiger partial charge in [0.2, 0.25) is 0 Å². The molecule has 1 heterocycles. The van der Waals surface area contributed by atoms with Crippen LogP contribution in [0.5, 0.6) is 0 Å². The molecule has 1 atom stereocenters. The summed E-state index contributed by atoms with van der Waals surface area (Å²) in [7, 11) is 0. The molecular formula is C8H11NOS. The molecule has 11 heavy (non-hydrogen) atoms. The number of allylic oxidation sites excluding steroid dienone is 1. The molecule has 1 rings (SSSR count). The fraction of sp³-hybridized carbons (Fsp3) is 0.375. The van der Waals surface area contributed by atoms with E-state index < -0.39 is 0 Å². The molecule has 0 saturated heterocycles. The summed E-state index contributed by atoms with van der Waals surface area (Å²) >= 11 is 1.51. The Morgan fingerprint density at radius 3 is 3.18 bits per heavy atom. The van der Waals surface area contributed by atoms with Crippen LogP contribution in [0.3, 0.4) is 0 Å². The van der Waals surface area contributed by atoms with Crippen LogP contribution in [-0.4, -0.2) is 11.2 Å². The summed E-state index contributed by atoms with van der Waals surface area (Å²) in [5.41, 5.74) is 1.13. The first-order valence-corrected chi connectivity index (χ1v) is 4.49. The monoisotopic (exact) mass is 169 g/mol. The first-order valence-electron chi connectivity index (χ1n) is 3.55. The molecule has 0 amide bonds. The molecule has 3 heteroatoms. The number of carbonyl (C=O) groups is 1. The highest BCUT2D eigenvalue weighted by Gasteiger charge is 2.20. The fourth-order valence-corrected chi connectivity index (χ4v) is 1.80. The van der Waals surface area contributed by atoms with Gasteiger partial charge in [0.1, 0.15) is 5.37 Å². The quantitative estimate of drug-likeness (QED) is 0.651. The largest absolute Gasteiger partial charge is 0.370 e. The third-order valence-electron chi connectivity index (χ3n) is 1.50. The SMILES string of the molecule is C=CC(=O)C1NC(CC)=CS1. The highest BCUT2D eigenvalue weighted by atomic mass is 32.2. The van der Waals surface area contributed by atoms with Crippen molar-refractivity contribution in [3.05, 3.63) is 23.8 Å². The molecule has 0 spiro atoms. The van der Waals surface area contributed by atoms with Crippen LogP contribution < -0.4 is 5.32 Å². The smallest absolute Gasteiger partial charge is 0.187 e. The van der Waals surface area contributed by atoms with Crippen molar-refractivity contribution in [2.24, 2.45) is 0 Å². The lowest BCUT2D eigenvalue weighted by Gasteiger charge is -2.07. The van der Waals surface area contributed by atoms with Gasteiger partial charge in [-0.2, -0.15) is 0 Å². The standard InChI is InChI=1S/C8H11NOS/c1-3-6-5-11-8(9-6)7(10)4-2/h4-5,8-9H,2-3H2,1H3. The van der Waals surface area contributed by atoms with Crippen LogP contribution in [0.15, 0.2) is 23.8 Å². The van der Waals surface area contributed by atoms with Crippen molar-refractivity contribution in [1.82, 2.24) is 5.32 Å². The van der Waals surface area contributed by atoms with Gasteiger partial charge < -0.3 is 5.32 Å². The number of carbonyl (C=O) groups excluding carboxylic acids is 1. The van der Waals surface area contributed by atoms with Crippen LogP contribution in [0.25, 0.3) is 0 Å². The zero-order chi connectivity index (χ0) is 8.27. The molecule has 1 N–H and O–H groups in total. The van der Waals surface area contributed by atoms with E-state index in [1.54, 1.807) is 0 Å². The van der Waals surface area contributed by atoms with Crippen LogP contribution >= 0.6 is 11.8 Å². The zero-order valence-electron chi connectivity index (χ0n) is 6.46. The number of rotatable bonds is 3. The Morgan fingerprint density at radius 1 is 2.00 bits per heavy atom. The Hall–Kier alpha value is -0.700. The molecule has 0 bridgehead atoms. The third kappa shape index (κ3) is 1.87. The van der Waals surface area contributed by atoms with Gasteiger partial charge in [-0.05, 0) is 17.9 Å². The highest BCUT2D eigenvalue weighted by Crippen LogP contribution is 2.22. The van der Waals surface area contributed by atoms with Crippen molar-refractivity contribution in [3.63, 3.8) is 0 Å². The second-order valence-electron chi connectivity index (χ2n) is 2.26. The number of ketones is 1. The van der Waals surface area contributed by atoms with Gasteiger partial charge in [-0.3, -0.25) is 4.79 Å². The normalized spacial score (nSPS) is 22.3. The zero-order valence-corrected chi connectivity index (χ0v) is 7.28. The van der Waals surface area contributed by atoms with E-state index in [4.69, 9.17) is 0 Å². The maximum atomic E-state index is 11.0. The highest BCUT2D eigenvalue weighted by molar-refractivity contribution is 8.03. The van der Waals surface area contributed by atoms with Crippen molar-refractivity contribution in [2.45, 2.75) is 18.7 Å². The fourth-order valence-electron chi connectivity index (χ4n) is 0.817. The van der Waals surface area contributed by atoms with Gasteiger partial charge in [0, 0.05) is 5.70 Å². The van der Waals surface area contributed by atoms with Crippen molar-refractivity contribution in [1.29, 1.82) is 0 Å². The van der Waals surface area contributed by atoms with E-state index in [2.05, 4.69) is 18.8 Å². The summed E-state index contributed by atoms with van der Waals surface area (Å²) in [4.78, 5) is 11.0. The van der Waals surface area contributed by atoms with Crippen LogP contribution in [0.4, 0.5) is 0 Å². The predicted octanol–water partition coefficient (Wildman–Crippen LogP) is 1.66. The van der Waals surface area contributed by atoms with Gasteiger partial charge in [-0.15, -0.1) is 0 Å². The summed E-state index contributed by atoms with van der Waals surface area (Å²) in [6.07, 6.45) is 2.31. The molecule has 1 aliphatic rings. The third-order valence-corrected chi connectivity index (χ3v) is 2.55. The molecule has 0 saturated carbocycles. The topological polar surface area (TPSA) is 29.1 Å². The van der Waals surface area contributed by atoms with E-state index in [0.717, 1.165) is 12.1 Å². The molecule has 60 valence electrons. The molecule has 0 aromatic carbocycles. The van der Waals surface area contributed by atoms with Gasteiger partial charge in [-0.1, -0.05) is 25.3 Å². The number of nitrogens with one attached hydrogen (secondary N) is 1. The number of thioether (sulfide) groups is 1. The van der Waals surface area contributed by atoms with Crippen LogP contribution in [-0.2, 0) is 4.79 Å². The van der Waals surface area contributed by atoms with Gasteiger partial charge >= 0.3 is 0 Å². The minimum Gasteiger partial charge on any atom is -0.370 e. The molecule has 0 aromatic rings. The van der Waals surface area contributed by atoms with E-state index in [9.17, 15) is 4.79 Å². The van der Waals surface area contributed by atoms with Crippen LogP contribution in [0.2, 0.25) is 0 Å². The lowest BCUT2D eigenvalue weighted by atomic mass is 10.3. The minimum atomic E-state index is -0.123. The molecular weight excluding hydrogens is 158 g/mol. The lowest BCUT2D eigenvalue weighted by molar-refractivity contribution is -0.114. The maximum Gasteiger partial charge on any atom is 0.187 e. The van der Waals surface area contributed by atoms with E-state index >= 15 is 0 Å². The van der Waals surface area contributed by atoms with Gasteiger partial charge in [0.25, 0.3) is 0 Å². The summed E-state index contributed by atoms with van der Waals surface area (Å²) in [6.45, 7) is 5.49. The predicted molar refractivity (Wildman–Crippen MR) is 48.1 cm³/mol. The maximum absolute atomic E-state index is 11.0. The van der Waals surface area contributed by atoms with Gasteiger partial charge in [0.05, 0.1) is 0 Å². The average molecular weight is 169 g/mol. The Labute approximate surface area is 70.7 Å². The van der Waals surface area contributed by atoms with Crippen molar-refractivity contribution < 1.29 is 4.79 Å². The summed E-state index contributed by atoms with van der Waals surface area (Å²) in [5.74, 6) is 0.0506. The molecule has 2 nitrogen and oxygen atoms in total. The first-order chi connectivity index (χ1) is 5.27. The van der Waals surface area contributed by atoms with Crippen LogP contribution in [0, 0.1) is 0 Å². The van der Waals surface area contributed by atoms with E-state index in [-0.39, 0.29) is 11.2 Å². The number of hydrogen-bond donors (Lipinski definition) is 1. The lowest BCUT2D eigenvalue weighted by Crippen LogP contribution is -2.27. The van der Waals surface area contributed by atoms with E-state index in [1.165, 1.54) is 17.8 Å². The van der Waals surface area contributed by atoms with E-state index in [0.29, 0.717) is 0 Å². The van der Waals surface area contributed by atoms with Crippen molar-refractivity contribution in [3.8, 4) is 0 Å². The molecule has 0 aromatic heterocycles. The summed E-state index contributed by atoms with van der Waals surface area (Å²) < 4.78 is 0. The molecule has 1 unspecified atom stereocenters. The second kappa shape index (κ2) is 3.62. The molecule has 1 aliphatic heterocycles. The van der Waals surface area contributed by atoms with Crippen molar-refractivity contribution in [2.75, 3.05) is 0 Å². The van der Waals surface area contributed by atoms with E-state index in [1.807, 2.05) is 5.41 Å². The Balaban J connectivity index is 2.47. The second-order valence-corrected chi connectivity index (χ2v) is 3.24. The Bertz CT molecular complexity index is 210.